The van der Waals surface area contributed by atoms with Gasteiger partial charge >= 0.3 is 6.36 Å². The van der Waals surface area contributed by atoms with Crippen molar-refractivity contribution >= 4 is 11.8 Å². The van der Waals surface area contributed by atoms with Crippen LogP contribution in [0.4, 0.5) is 13.2 Å². The van der Waals surface area contributed by atoms with Crippen molar-refractivity contribution in [3.05, 3.63) is 29.8 Å². The minimum absolute atomic E-state index is 0.00570. The van der Waals surface area contributed by atoms with E-state index in [1.165, 1.54) is 29.2 Å². The summed E-state index contributed by atoms with van der Waals surface area (Å²) in [4.78, 5) is 27.6. The molecule has 1 aliphatic rings. The Labute approximate surface area is 144 Å². The molecule has 1 fully saturated rings. The predicted octanol–water partition coefficient (Wildman–Crippen LogP) is 2.45. The fourth-order valence-corrected chi connectivity index (χ4v) is 2.87. The van der Waals surface area contributed by atoms with Crippen LogP contribution in [-0.2, 0) is 16.0 Å². The highest BCUT2D eigenvalue weighted by atomic mass is 19.4. The predicted molar refractivity (Wildman–Crippen MR) is 84.8 cm³/mol. The first-order valence-corrected chi connectivity index (χ1v) is 7.99. The number of carbonyl (C=O) groups excluding carboxylic acids is 2. The Morgan fingerprint density at radius 2 is 1.88 bits per heavy atom. The highest BCUT2D eigenvalue weighted by molar-refractivity contribution is 5.82. The van der Waals surface area contributed by atoms with Gasteiger partial charge in [0.25, 0.3) is 0 Å². The summed E-state index contributed by atoms with van der Waals surface area (Å²) in [6, 6.07) is 5.24. The van der Waals surface area contributed by atoms with Crippen molar-refractivity contribution in [3.8, 4) is 5.75 Å². The molecular formula is C17H21F3N2O3. The van der Waals surface area contributed by atoms with Crippen molar-refractivity contribution in [3.63, 3.8) is 0 Å². The Morgan fingerprint density at radius 3 is 2.44 bits per heavy atom. The first-order chi connectivity index (χ1) is 11.7. The van der Waals surface area contributed by atoms with E-state index in [2.05, 4.69) is 4.74 Å². The lowest BCUT2D eigenvalue weighted by Crippen LogP contribution is -2.45. The molecule has 0 saturated carbocycles. The normalized spacial score (nSPS) is 18.0. The third-order valence-electron chi connectivity index (χ3n) is 4.08. The molecule has 5 nitrogen and oxygen atoms in total. The van der Waals surface area contributed by atoms with Crippen LogP contribution >= 0.6 is 0 Å². The molecule has 0 bridgehead atoms. The molecule has 1 atom stereocenters. The van der Waals surface area contributed by atoms with Crippen molar-refractivity contribution in [1.29, 1.82) is 0 Å². The summed E-state index contributed by atoms with van der Waals surface area (Å²) in [5.41, 5.74) is 0.598. The molecule has 1 saturated heterocycles. The van der Waals surface area contributed by atoms with Gasteiger partial charge < -0.3 is 14.5 Å². The maximum absolute atomic E-state index is 12.4. The summed E-state index contributed by atoms with van der Waals surface area (Å²) >= 11 is 0. The van der Waals surface area contributed by atoms with Gasteiger partial charge in [-0.25, -0.2) is 0 Å². The zero-order valence-corrected chi connectivity index (χ0v) is 14.2. The quantitative estimate of drug-likeness (QED) is 0.831. The van der Waals surface area contributed by atoms with Crippen molar-refractivity contribution in [1.82, 2.24) is 9.80 Å². The Morgan fingerprint density at radius 1 is 1.24 bits per heavy atom. The van der Waals surface area contributed by atoms with E-state index in [4.69, 9.17) is 0 Å². The number of amides is 2. The number of ether oxygens (including phenoxy) is 1. The number of hydrogen-bond donors (Lipinski definition) is 0. The number of hydrogen-bond acceptors (Lipinski definition) is 3. The minimum Gasteiger partial charge on any atom is -0.406 e. The molecule has 1 heterocycles. The van der Waals surface area contributed by atoms with Crippen LogP contribution in [0.5, 0.6) is 5.75 Å². The molecule has 1 aromatic rings. The monoisotopic (exact) mass is 358 g/mol. The second-order valence-electron chi connectivity index (χ2n) is 6.28. The largest absolute Gasteiger partial charge is 0.573 e. The van der Waals surface area contributed by atoms with Crippen molar-refractivity contribution < 1.29 is 27.5 Å². The lowest BCUT2D eigenvalue weighted by Gasteiger charge is -2.33. The van der Waals surface area contributed by atoms with Crippen LogP contribution in [-0.4, -0.2) is 55.2 Å². The first-order valence-electron chi connectivity index (χ1n) is 7.99. The number of alkyl halides is 3. The van der Waals surface area contributed by atoms with E-state index in [1.807, 2.05) is 0 Å². The summed E-state index contributed by atoms with van der Waals surface area (Å²) in [6.45, 7) is 0.969. The van der Waals surface area contributed by atoms with Crippen LogP contribution in [0, 0.1) is 5.92 Å². The van der Waals surface area contributed by atoms with Crippen LogP contribution in [0.2, 0.25) is 0 Å². The van der Waals surface area contributed by atoms with Crippen LogP contribution < -0.4 is 4.74 Å². The van der Waals surface area contributed by atoms with Gasteiger partial charge in [-0.05, 0) is 30.5 Å². The first kappa shape index (κ1) is 19.1. The molecule has 8 heteroatoms. The van der Waals surface area contributed by atoms with Gasteiger partial charge in [0, 0.05) is 27.2 Å². The summed E-state index contributed by atoms with van der Waals surface area (Å²) in [5, 5.41) is 0. The highest BCUT2D eigenvalue weighted by Crippen LogP contribution is 2.23. The van der Waals surface area contributed by atoms with Crippen molar-refractivity contribution in [2.45, 2.75) is 25.6 Å². The lowest BCUT2D eigenvalue weighted by molar-refractivity contribution is -0.274. The van der Waals surface area contributed by atoms with E-state index in [0.29, 0.717) is 18.7 Å². The molecule has 1 aromatic carbocycles. The van der Waals surface area contributed by atoms with Crippen LogP contribution in [0.25, 0.3) is 0 Å². The standard InChI is InChI=1S/C17H21F3N2O3/c1-21(2)16(24)13-4-3-9-22(11-13)15(23)10-12-5-7-14(8-6-12)25-17(18,19)20/h5-8,13H,3-4,9-11H2,1-2H3. The van der Waals surface area contributed by atoms with E-state index in [9.17, 15) is 22.8 Å². The minimum atomic E-state index is -4.74. The molecule has 25 heavy (non-hydrogen) atoms. The van der Waals surface area contributed by atoms with Gasteiger partial charge in [0.15, 0.2) is 0 Å². The molecule has 1 aliphatic heterocycles. The number of benzene rings is 1. The van der Waals surface area contributed by atoms with Gasteiger partial charge in [-0.3, -0.25) is 9.59 Å². The lowest BCUT2D eigenvalue weighted by atomic mass is 9.96. The Hall–Kier alpha value is -2.25. The average Bonchev–Trinajstić information content (AvgIpc) is 2.54. The van der Waals surface area contributed by atoms with E-state index in [1.54, 1.807) is 19.0 Å². The van der Waals surface area contributed by atoms with Gasteiger partial charge in [-0.1, -0.05) is 12.1 Å². The molecular weight excluding hydrogens is 337 g/mol. The SMILES string of the molecule is CN(C)C(=O)C1CCCN(C(=O)Cc2ccc(OC(F)(F)F)cc2)C1. The third-order valence-corrected chi connectivity index (χ3v) is 4.08. The molecule has 1 unspecified atom stereocenters. The molecule has 0 aliphatic carbocycles. The topological polar surface area (TPSA) is 49.9 Å². The molecule has 0 aromatic heterocycles. The second-order valence-corrected chi connectivity index (χ2v) is 6.28. The number of halogens is 3. The number of rotatable bonds is 4. The fourth-order valence-electron chi connectivity index (χ4n) is 2.87. The maximum atomic E-state index is 12.4. The third kappa shape index (κ3) is 5.65. The summed E-state index contributed by atoms with van der Waals surface area (Å²) in [7, 11) is 3.38. The number of piperidine rings is 1. The van der Waals surface area contributed by atoms with Gasteiger partial charge in [0.1, 0.15) is 5.75 Å². The van der Waals surface area contributed by atoms with E-state index >= 15 is 0 Å². The molecule has 0 radical (unpaired) electrons. The summed E-state index contributed by atoms with van der Waals surface area (Å²) in [6.07, 6.45) is -3.15. The van der Waals surface area contributed by atoms with Crippen LogP contribution in [0.1, 0.15) is 18.4 Å². The molecule has 0 spiro atoms. The Kier molecular flexibility index (Phi) is 5.92. The van der Waals surface area contributed by atoms with Crippen LogP contribution in [0.15, 0.2) is 24.3 Å². The van der Waals surface area contributed by atoms with Gasteiger partial charge in [-0.15, -0.1) is 13.2 Å². The number of carbonyl (C=O) groups is 2. The van der Waals surface area contributed by atoms with Gasteiger partial charge in [0.05, 0.1) is 12.3 Å². The van der Waals surface area contributed by atoms with E-state index < -0.39 is 6.36 Å². The zero-order valence-electron chi connectivity index (χ0n) is 14.2. The number of nitrogens with zero attached hydrogens (tertiary/aromatic N) is 2. The van der Waals surface area contributed by atoms with Crippen molar-refractivity contribution in [2.75, 3.05) is 27.2 Å². The van der Waals surface area contributed by atoms with Crippen LogP contribution in [0.3, 0.4) is 0 Å². The molecule has 2 rings (SSSR count). The van der Waals surface area contributed by atoms with Gasteiger partial charge in [-0.2, -0.15) is 0 Å². The van der Waals surface area contributed by atoms with Gasteiger partial charge in [0.2, 0.25) is 11.8 Å². The Bertz CT molecular complexity index is 615. The molecule has 138 valence electrons. The summed E-state index contributed by atoms with van der Waals surface area (Å²) in [5.74, 6) is -0.652. The fraction of sp³-hybridized carbons (Fsp3) is 0.529. The highest BCUT2D eigenvalue weighted by Gasteiger charge is 2.31. The van der Waals surface area contributed by atoms with E-state index in [0.717, 1.165) is 12.8 Å². The zero-order chi connectivity index (χ0) is 18.6. The summed E-state index contributed by atoms with van der Waals surface area (Å²) < 4.78 is 40.2. The average molecular weight is 358 g/mol. The Balaban J connectivity index is 1.94. The van der Waals surface area contributed by atoms with Crippen molar-refractivity contribution in [2.24, 2.45) is 5.92 Å². The molecule has 0 N–H and O–H groups in total. The molecule has 2 amide bonds. The number of likely N-dealkylation sites (tertiary alicyclic amines) is 1. The smallest absolute Gasteiger partial charge is 0.406 e. The second kappa shape index (κ2) is 7.76. The van der Waals surface area contributed by atoms with E-state index in [-0.39, 0.29) is 29.9 Å². The maximum Gasteiger partial charge on any atom is 0.573 e.